The monoisotopic (exact) mass is 272 g/mol. The van der Waals surface area contributed by atoms with Gasteiger partial charge in [0.2, 0.25) is 5.28 Å². The minimum atomic E-state index is 0.436. The maximum Gasteiger partial charge on any atom is 0.225 e. The van der Waals surface area contributed by atoms with Crippen molar-refractivity contribution in [2.45, 2.75) is 19.9 Å². The molecular weight excluding hydrogens is 260 g/mol. The van der Waals surface area contributed by atoms with Crippen molar-refractivity contribution in [2.75, 3.05) is 0 Å². The first-order valence-corrected chi connectivity index (χ1v) is 6.51. The molecule has 0 amide bonds. The summed E-state index contributed by atoms with van der Waals surface area (Å²) in [6.07, 6.45) is 2.68. The Bertz CT molecular complexity index is 696. The highest BCUT2D eigenvalue weighted by molar-refractivity contribution is 6.28. The molecular formula is C14H13ClN4. The molecule has 0 aliphatic rings. The molecule has 1 aromatic carbocycles. The van der Waals surface area contributed by atoms with Crippen LogP contribution < -0.4 is 0 Å². The van der Waals surface area contributed by atoms with Crippen molar-refractivity contribution in [3.05, 3.63) is 53.2 Å². The Morgan fingerprint density at radius 3 is 2.79 bits per heavy atom. The number of benzene rings is 1. The predicted molar refractivity (Wildman–Crippen MR) is 75.2 cm³/mol. The molecule has 96 valence electrons. The number of hydrogen-bond donors (Lipinski definition) is 0. The SMILES string of the molecule is Cc1nnc(Cl)n1CCc1cccc2cccnc12. The lowest BCUT2D eigenvalue weighted by Gasteiger charge is -2.07. The van der Waals surface area contributed by atoms with Crippen LogP contribution in [-0.2, 0) is 13.0 Å². The first-order chi connectivity index (χ1) is 9.25. The lowest BCUT2D eigenvalue weighted by Crippen LogP contribution is -2.04. The van der Waals surface area contributed by atoms with Gasteiger partial charge in [-0.3, -0.25) is 4.98 Å². The Hall–Kier alpha value is -1.94. The van der Waals surface area contributed by atoms with Gasteiger partial charge >= 0.3 is 0 Å². The van der Waals surface area contributed by atoms with Crippen molar-refractivity contribution in [1.29, 1.82) is 0 Å². The van der Waals surface area contributed by atoms with E-state index in [1.54, 1.807) is 0 Å². The van der Waals surface area contributed by atoms with Gasteiger partial charge in [-0.1, -0.05) is 24.3 Å². The number of fused-ring (bicyclic) bond motifs is 1. The molecule has 0 saturated carbocycles. The lowest BCUT2D eigenvalue weighted by atomic mass is 10.1. The minimum Gasteiger partial charge on any atom is -0.302 e. The summed E-state index contributed by atoms with van der Waals surface area (Å²) in [4.78, 5) is 4.45. The molecule has 0 fully saturated rings. The number of para-hydroxylation sites is 1. The average Bonchev–Trinajstić information content (AvgIpc) is 2.76. The third-order valence-electron chi connectivity index (χ3n) is 3.21. The molecule has 19 heavy (non-hydrogen) atoms. The normalized spacial score (nSPS) is 11.1. The van der Waals surface area contributed by atoms with Gasteiger partial charge in [0.15, 0.2) is 0 Å². The Labute approximate surface area is 116 Å². The average molecular weight is 273 g/mol. The first kappa shape index (κ1) is 12.1. The summed E-state index contributed by atoms with van der Waals surface area (Å²) in [6.45, 7) is 2.66. The summed E-state index contributed by atoms with van der Waals surface area (Å²) in [5.74, 6) is 0.832. The molecule has 0 unspecified atom stereocenters. The number of pyridine rings is 1. The number of aromatic nitrogens is 4. The van der Waals surface area contributed by atoms with Crippen molar-refractivity contribution in [3.8, 4) is 0 Å². The third kappa shape index (κ3) is 2.31. The third-order valence-corrected chi connectivity index (χ3v) is 3.49. The van der Waals surface area contributed by atoms with Crippen LogP contribution in [0.1, 0.15) is 11.4 Å². The van der Waals surface area contributed by atoms with Crippen molar-refractivity contribution in [2.24, 2.45) is 0 Å². The molecule has 0 bridgehead atoms. The van der Waals surface area contributed by atoms with Crippen LogP contribution in [0.5, 0.6) is 0 Å². The van der Waals surface area contributed by atoms with Gasteiger partial charge in [-0.25, -0.2) is 0 Å². The molecule has 2 heterocycles. The number of aryl methyl sites for hydroxylation is 2. The molecule has 0 spiro atoms. The summed E-state index contributed by atoms with van der Waals surface area (Å²) in [6, 6.07) is 10.3. The zero-order valence-corrected chi connectivity index (χ0v) is 11.3. The molecule has 3 rings (SSSR count). The zero-order chi connectivity index (χ0) is 13.2. The molecule has 0 atom stereocenters. The largest absolute Gasteiger partial charge is 0.302 e. The van der Waals surface area contributed by atoms with Gasteiger partial charge in [-0.2, -0.15) is 0 Å². The molecule has 4 nitrogen and oxygen atoms in total. The van der Waals surface area contributed by atoms with Crippen molar-refractivity contribution in [3.63, 3.8) is 0 Å². The van der Waals surface area contributed by atoms with Crippen molar-refractivity contribution < 1.29 is 0 Å². The van der Waals surface area contributed by atoms with Gasteiger partial charge in [0.05, 0.1) is 5.52 Å². The van der Waals surface area contributed by atoms with E-state index < -0.39 is 0 Å². The van der Waals surface area contributed by atoms with Crippen molar-refractivity contribution >= 4 is 22.5 Å². The second-order valence-corrected chi connectivity index (χ2v) is 4.75. The Kier molecular flexibility index (Phi) is 3.17. The van der Waals surface area contributed by atoms with E-state index in [0.717, 1.165) is 29.7 Å². The standard InChI is InChI=1S/C14H13ClN4/c1-10-17-18-14(15)19(10)9-7-12-5-2-4-11-6-3-8-16-13(11)12/h2-6,8H,7,9H2,1H3. The fourth-order valence-corrected chi connectivity index (χ4v) is 2.46. The van der Waals surface area contributed by atoms with Gasteiger partial charge in [-0.05, 0) is 36.6 Å². The van der Waals surface area contributed by atoms with Crippen LogP contribution in [0.3, 0.4) is 0 Å². The number of halogens is 1. The first-order valence-electron chi connectivity index (χ1n) is 6.13. The van der Waals surface area contributed by atoms with Gasteiger partial charge in [0.25, 0.3) is 0 Å². The lowest BCUT2D eigenvalue weighted by molar-refractivity contribution is 0.674. The van der Waals surface area contributed by atoms with Crippen LogP contribution in [0.4, 0.5) is 0 Å². The van der Waals surface area contributed by atoms with Crippen LogP contribution in [0, 0.1) is 6.92 Å². The summed E-state index contributed by atoms with van der Waals surface area (Å²) < 4.78 is 1.91. The number of nitrogens with zero attached hydrogens (tertiary/aromatic N) is 4. The second kappa shape index (κ2) is 4.97. The smallest absolute Gasteiger partial charge is 0.225 e. The summed E-state index contributed by atoms with van der Waals surface area (Å²) in [5, 5.41) is 9.40. The van der Waals surface area contributed by atoms with Gasteiger partial charge in [0, 0.05) is 18.1 Å². The maximum absolute atomic E-state index is 6.00. The quantitative estimate of drug-likeness (QED) is 0.736. The Morgan fingerprint density at radius 1 is 1.16 bits per heavy atom. The van der Waals surface area contributed by atoms with E-state index in [4.69, 9.17) is 11.6 Å². The van der Waals surface area contributed by atoms with E-state index in [1.165, 1.54) is 5.56 Å². The number of hydrogen-bond acceptors (Lipinski definition) is 3. The molecule has 3 aromatic rings. The molecule has 0 saturated heterocycles. The Balaban J connectivity index is 1.90. The van der Waals surface area contributed by atoms with Gasteiger partial charge < -0.3 is 4.57 Å². The highest BCUT2D eigenvalue weighted by atomic mass is 35.5. The fraction of sp³-hybridized carbons (Fsp3) is 0.214. The van der Waals surface area contributed by atoms with E-state index in [1.807, 2.05) is 23.8 Å². The number of rotatable bonds is 3. The van der Waals surface area contributed by atoms with Crippen LogP contribution in [0.15, 0.2) is 36.5 Å². The van der Waals surface area contributed by atoms with Crippen LogP contribution in [0.25, 0.3) is 10.9 Å². The molecule has 0 aliphatic carbocycles. The minimum absolute atomic E-state index is 0.436. The highest BCUT2D eigenvalue weighted by Crippen LogP contribution is 2.18. The molecule has 2 aromatic heterocycles. The van der Waals surface area contributed by atoms with E-state index in [-0.39, 0.29) is 0 Å². The molecule has 0 N–H and O–H groups in total. The topological polar surface area (TPSA) is 43.6 Å². The van der Waals surface area contributed by atoms with Crippen LogP contribution in [0.2, 0.25) is 5.28 Å². The van der Waals surface area contributed by atoms with Gasteiger partial charge in [0.1, 0.15) is 5.82 Å². The summed E-state index contributed by atoms with van der Waals surface area (Å²) in [5.41, 5.74) is 2.26. The van der Waals surface area contributed by atoms with E-state index in [2.05, 4.69) is 39.4 Å². The van der Waals surface area contributed by atoms with E-state index in [0.29, 0.717) is 5.28 Å². The van der Waals surface area contributed by atoms with E-state index >= 15 is 0 Å². The highest BCUT2D eigenvalue weighted by Gasteiger charge is 2.07. The van der Waals surface area contributed by atoms with Crippen LogP contribution in [-0.4, -0.2) is 19.7 Å². The maximum atomic E-state index is 6.00. The van der Waals surface area contributed by atoms with E-state index in [9.17, 15) is 0 Å². The summed E-state index contributed by atoms with van der Waals surface area (Å²) >= 11 is 6.00. The zero-order valence-electron chi connectivity index (χ0n) is 10.5. The van der Waals surface area contributed by atoms with Crippen LogP contribution >= 0.6 is 11.6 Å². The van der Waals surface area contributed by atoms with Crippen molar-refractivity contribution in [1.82, 2.24) is 19.7 Å². The molecule has 5 heteroatoms. The fourth-order valence-electron chi connectivity index (χ4n) is 2.21. The summed E-state index contributed by atoms with van der Waals surface area (Å²) in [7, 11) is 0. The molecule has 0 aliphatic heterocycles. The predicted octanol–water partition coefficient (Wildman–Crippen LogP) is 3.03. The second-order valence-electron chi connectivity index (χ2n) is 4.41. The van der Waals surface area contributed by atoms with Gasteiger partial charge in [-0.15, -0.1) is 10.2 Å². The Morgan fingerprint density at radius 2 is 2.00 bits per heavy atom. The molecule has 0 radical (unpaired) electrons.